The first-order chi connectivity index (χ1) is 8.88. The van der Waals surface area contributed by atoms with Crippen molar-refractivity contribution in [2.45, 2.75) is 23.8 Å². The molecule has 0 saturated carbocycles. The second-order valence-corrected chi connectivity index (χ2v) is 8.24. The van der Waals surface area contributed by atoms with E-state index in [9.17, 15) is 12.6 Å². The van der Waals surface area contributed by atoms with Crippen LogP contribution in [0.2, 0.25) is 5.02 Å². The Bertz CT molecular complexity index is 594. The van der Waals surface area contributed by atoms with Crippen molar-refractivity contribution in [2.24, 2.45) is 0 Å². The molecule has 1 aromatic carbocycles. The topological polar surface area (TPSA) is 89.3 Å². The van der Waals surface area contributed by atoms with E-state index in [4.69, 9.17) is 17.3 Å². The van der Waals surface area contributed by atoms with Gasteiger partial charge < -0.3 is 5.73 Å². The normalized spacial score (nSPS) is 24.3. The van der Waals surface area contributed by atoms with Gasteiger partial charge in [-0.2, -0.15) is 0 Å². The fraction of sp³-hybridized carbons (Fsp3) is 0.455. The number of nitrogens with one attached hydrogen (secondary N) is 1. The zero-order valence-electron chi connectivity index (χ0n) is 10.1. The van der Waals surface area contributed by atoms with Crippen LogP contribution >= 0.6 is 11.6 Å². The van der Waals surface area contributed by atoms with Gasteiger partial charge in [0.2, 0.25) is 10.0 Å². The molecular weight excluding hydrogens is 308 g/mol. The molecular formula is C11H15ClN2O3S2. The molecule has 2 rings (SSSR count). The number of hydrogen-bond donors (Lipinski definition) is 2. The summed E-state index contributed by atoms with van der Waals surface area (Å²) in [5.41, 5.74) is 5.89. The first-order valence-electron chi connectivity index (χ1n) is 5.81. The maximum Gasteiger partial charge on any atom is 0.240 e. The van der Waals surface area contributed by atoms with Gasteiger partial charge in [-0.3, -0.25) is 4.21 Å². The Morgan fingerprint density at radius 1 is 1.32 bits per heavy atom. The maximum absolute atomic E-state index is 12.2. The molecule has 1 fully saturated rings. The van der Waals surface area contributed by atoms with Crippen LogP contribution in [0.15, 0.2) is 23.1 Å². The standard InChI is InChI=1S/C11H15ClN2O3S2/c12-10-7-9(1-2-11(10)13)19(16,17)14-8-3-5-18(15)6-4-8/h1-2,7-8,14H,3-6,13H2. The summed E-state index contributed by atoms with van der Waals surface area (Å²) < 4.78 is 38.2. The van der Waals surface area contributed by atoms with Crippen molar-refractivity contribution in [3.8, 4) is 0 Å². The minimum Gasteiger partial charge on any atom is -0.398 e. The van der Waals surface area contributed by atoms with E-state index < -0.39 is 20.8 Å². The number of nitrogen functional groups attached to an aromatic ring is 1. The molecule has 8 heteroatoms. The van der Waals surface area contributed by atoms with Crippen LogP contribution in [0, 0.1) is 0 Å². The van der Waals surface area contributed by atoms with Crippen molar-refractivity contribution >= 4 is 38.1 Å². The monoisotopic (exact) mass is 322 g/mol. The van der Waals surface area contributed by atoms with Crippen LogP contribution in [0.5, 0.6) is 0 Å². The Labute approximate surface area is 120 Å². The Morgan fingerprint density at radius 2 is 1.95 bits per heavy atom. The van der Waals surface area contributed by atoms with Gasteiger partial charge in [0.15, 0.2) is 0 Å². The third-order valence-electron chi connectivity index (χ3n) is 2.99. The van der Waals surface area contributed by atoms with Crippen LogP contribution in [-0.2, 0) is 20.8 Å². The predicted molar refractivity (Wildman–Crippen MR) is 77.1 cm³/mol. The largest absolute Gasteiger partial charge is 0.398 e. The van der Waals surface area contributed by atoms with Crippen molar-refractivity contribution in [3.05, 3.63) is 23.2 Å². The zero-order valence-corrected chi connectivity index (χ0v) is 12.5. The smallest absolute Gasteiger partial charge is 0.240 e. The van der Waals surface area contributed by atoms with Gasteiger partial charge in [0, 0.05) is 28.3 Å². The molecule has 0 spiro atoms. The van der Waals surface area contributed by atoms with Crippen LogP contribution in [-0.4, -0.2) is 30.2 Å². The van der Waals surface area contributed by atoms with Crippen LogP contribution in [0.25, 0.3) is 0 Å². The summed E-state index contributed by atoms with van der Waals surface area (Å²) in [6, 6.07) is 4.05. The summed E-state index contributed by atoms with van der Waals surface area (Å²) in [5, 5.41) is 0.215. The van der Waals surface area contributed by atoms with E-state index in [-0.39, 0.29) is 16.0 Å². The molecule has 0 atom stereocenters. The van der Waals surface area contributed by atoms with Gasteiger partial charge in [0.25, 0.3) is 0 Å². The summed E-state index contributed by atoms with van der Waals surface area (Å²) in [6.07, 6.45) is 1.18. The molecule has 0 aromatic heterocycles. The number of benzene rings is 1. The average molecular weight is 323 g/mol. The molecule has 0 radical (unpaired) electrons. The van der Waals surface area contributed by atoms with Gasteiger partial charge in [-0.25, -0.2) is 13.1 Å². The Balaban J connectivity index is 2.13. The van der Waals surface area contributed by atoms with Crippen LogP contribution < -0.4 is 10.5 Å². The fourth-order valence-electron chi connectivity index (χ4n) is 1.87. The lowest BCUT2D eigenvalue weighted by Crippen LogP contribution is -2.39. The molecule has 0 bridgehead atoms. The number of hydrogen-bond acceptors (Lipinski definition) is 4. The Morgan fingerprint density at radius 3 is 2.53 bits per heavy atom. The van der Waals surface area contributed by atoms with Crippen molar-refractivity contribution in [3.63, 3.8) is 0 Å². The summed E-state index contributed by atoms with van der Waals surface area (Å²) in [7, 11) is -4.42. The molecule has 5 nitrogen and oxygen atoms in total. The van der Waals surface area contributed by atoms with E-state index in [1.54, 1.807) is 0 Å². The highest BCUT2D eigenvalue weighted by Crippen LogP contribution is 2.23. The number of rotatable bonds is 3. The molecule has 0 aliphatic carbocycles. The minimum atomic E-state index is -3.61. The Hall–Kier alpha value is -0.630. The third-order valence-corrected chi connectivity index (χ3v) is 6.22. The predicted octanol–water partition coefficient (Wildman–Crippen LogP) is 1.11. The van der Waals surface area contributed by atoms with Crippen molar-refractivity contribution in [1.29, 1.82) is 0 Å². The molecule has 1 aliphatic rings. The SMILES string of the molecule is Nc1ccc(S(=O)(=O)NC2CCS(=O)CC2)cc1Cl. The lowest BCUT2D eigenvalue weighted by atomic mass is 10.2. The van der Waals surface area contributed by atoms with Gasteiger partial charge >= 0.3 is 0 Å². The molecule has 19 heavy (non-hydrogen) atoms. The van der Waals surface area contributed by atoms with Gasteiger partial charge in [-0.1, -0.05) is 11.6 Å². The first-order valence-corrected chi connectivity index (χ1v) is 9.16. The van der Waals surface area contributed by atoms with E-state index in [1.165, 1.54) is 18.2 Å². The first kappa shape index (κ1) is 14.8. The number of nitrogens with two attached hydrogens (primary N) is 1. The van der Waals surface area contributed by atoms with E-state index in [1.807, 2.05) is 0 Å². The molecule has 0 unspecified atom stereocenters. The summed E-state index contributed by atoms with van der Waals surface area (Å²) in [4.78, 5) is 0.0957. The van der Waals surface area contributed by atoms with Crippen molar-refractivity contribution in [1.82, 2.24) is 4.72 Å². The molecule has 1 heterocycles. The summed E-state index contributed by atoms with van der Waals surface area (Å²) in [5.74, 6) is 1.07. The molecule has 1 aromatic rings. The molecule has 106 valence electrons. The van der Waals surface area contributed by atoms with Crippen LogP contribution in [0.1, 0.15) is 12.8 Å². The van der Waals surface area contributed by atoms with E-state index in [0.717, 1.165) is 0 Å². The number of sulfonamides is 1. The van der Waals surface area contributed by atoms with Gasteiger partial charge in [0.1, 0.15) is 0 Å². The lowest BCUT2D eigenvalue weighted by Gasteiger charge is -2.22. The lowest BCUT2D eigenvalue weighted by molar-refractivity contribution is 0.522. The highest BCUT2D eigenvalue weighted by Gasteiger charge is 2.24. The highest BCUT2D eigenvalue weighted by atomic mass is 35.5. The zero-order chi connectivity index (χ0) is 14.0. The van der Waals surface area contributed by atoms with Crippen molar-refractivity contribution in [2.75, 3.05) is 17.2 Å². The van der Waals surface area contributed by atoms with E-state index in [2.05, 4.69) is 4.72 Å². The van der Waals surface area contributed by atoms with E-state index in [0.29, 0.717) is 30.0 Å². The second kappa shape index (κ2) is 5.78. The van der Waals surface area contributed by atoms with Gasteiger partial charge in [0.05, 0.1) is 15.6 Å². The molecule has 3 N–H and O–H groups in total. The number of anilines is 1. The van der Waals surface area contributed by atoms with Crippen LogP contribution in [0.3, 0.4) is 0 Å². The van der Waals surface area contributed by atoms with Crippen LogP contribution in [0.4, 0.5) is 5.69 Å². The van der Waals surface area contributed by atoms with E-state index >= 15 is 0 Å². The Kier molecular flexibility index (Phi) is 4.50. The highest BCUT2D eigenvalue weighted by molar-refractivity contribution is 7.89. The third kappa shape index (κ3) is 3.68. The van der Waals surface area contributed by atoms with Gasteiger partial charge in [-0.05, 0) is 31.0 Å². The summed E-state index contributed by atoms with van der Waals surface area (Å²) >= 11 is 5.82. The molecule has 1 saturated heterocycles. The second-order valence-electron chi connectivity index (χ2n) is 4.43. The maximum atomic E-state index is 12.2. The number of halogens is 1. The minimum absolute atomic E-state index is 0.0957. The van der Waals surface area contributed by atoms with Gasteiger partial charge in [-0.15, -0.1) is 0 Å². The average Bonchev–Trinajstić information content (AvgIpc) is 2.35. The molecule has 1 aliphatic heterocycles. The quantitative estimate of drug-likeness (QED) is 0.816. The molecule has 0 amide bonds. The van der Waals surface area contributed by atoms with Crippen molar-refractivity contribution < 1.29 is 12.6 Å². The fourth-order valence-corrected chi connectivity index (χ4v) is 4.75. The summed E-state index contributed by atoms with van der Waals surface area (Å²) in [6.45, 7) is 0.